The van der Waals surface area contributed by atoms with Crippen molar-refractivity contribution in [1.82, 2.24) is 9.97 Å². The molecule has 0 radical (unpaired) electrons. The summed E-state index contributed by atoms with van der Waals surface area (Å²) < 4.78 is 0. The van der Waals surface area contributed by atoms with E-state index in [0.29, 0.717) is 0 Å². The highest BCUT2D eigenvalue weighted by Gasteiger charge is 2.02. The number of H-pyrrole nitrogens is 1. The molecule has 1 aromatic carbocycles. The second kappa shape index (κ2) is 5.21. The zero-order valence-electron chi connectivity index (χ0n) is 9.40. The van der Waals surface area contributed by atoms with Crippen molar-refractivity contribution < 1.29 is 0 Å². The molecule has 0 amide bonds. The molecule has 2 rings (SSSR count). The van der Waals surface area contributed by atoms with E-state index in [4.69, 9.17) is 0 Å². The van der Waals surface area contributed by atoms with Crippen LogP contribution in [0.1, 0.15) is 18.3 Å². The Bertz CT molecular complexity index is 445. The summed E-state index contributed by atoms with van der Waals surface area (Å²) >= 11 is 4.19. The van der Waals surface area contributed by atoms with Crippen LogP contribution in [0.5, 0.6) is 0 Å². The predicted octanol–water partition coefficient (Wildman–Crippen LogP) is 3.11. The summed E-state index contributed by atoms with van der Waals surface area (Å²) in [7, 11) is 0. The van der Waals surface area contributed by atoms with Crippen molar-refractivity contribution in [1.29, 1.82) is 0 Å². The van der Waals surface area contributed by atoms with Gasteiger partial charge >= 0.3 is 0 Å². The fourth-order valence-electron chi connectivity index (χ4n) is 1.66. The van der Waals surface area contributed by atoms with Crippen molar-refractivity contribution in [2.24, 2.45) is 0 Å². The van der Waals surface area contributed by atoms with Crippen molar-refractivity contribution in [3.8, 4) is 11.3 Å². The summed E-state index contributed by atoms with van der Waals surface area (Å²) in [5.41, 5.74) is 3.63. The summed E-state index contributed by atoms with van der Waals surface area (Å²) in [5, 5.41) is 0. The number of thiol groups is 1. The van der Waals surface area contributed by atoms with Crippen LogP contribution in [0.15, 0.2) is 30.5 Å². The Balaban J connectivity index is 2.21. The standard InChI is InChI=1S/C13H16N2S/c1-2-10-3-5-11(6-4-10)12-9-14-13(15-12)7-8-16/h3-6,9,16H,2,7-8H2,1H3,(H,14,15). The van der Waals surface area contributed by atoms with Gasteiger partial charge in [0.05, 0.1) is 11.9 Å². The van der Waals surface area contributed by atoms with Crippen LogP contribution in [-0.4, -0.2) is 15.7 Å². The Hall–Kier alpha value is -1.22. The molecule has 0 aliphatic rings. The van der Waals surface area contributed by atoms with E-state index in [2.05, 4.69) is 53.8 Å². The molecule has 84 valence electrons. The molecule has 0 saturated carbocycles. The SMILES string of the molecule is CCc1ccc(-c2cnc(CCS)[nH]2)cc1. The van der Waals surface area contributed by atoms with Gasteiger partial charge in [0.15, 0.2) is 0 Å². The van der Waals surface area contributed by atoms with Crippen LogP contribution in [0.2, 0.25) is 0 Å². The highest BCUT2D eigenvalue weighted by molar-refractivity contribution is 7.80. The Labute approximate surface area is 102 Å². The van der Waals surface area contributed by atoms with Gasteiger partial charge in [-0.3, -0.25) is 0 Å². The Kier molecular flexibility index (Phi) is 3.67. The van der Waals surface area contributed by atoms with Crippen LogP contribution in [0, 0.1) is 0 Å². The molecule has 2 nitrogen and oxygen atoms in total. The molecule has 0 fully saturated rings. The molecule has 0 aliphatic heterocycles. The minimum atomic E-state index is 0.821. The van der Waals surface area contributed by atoms with Gasteiger partial charge in [-0.1, -0.05) is 31.2 Å². The molecule has 0 saturated heterocycles. The maximum Gasteiger partial charge on any atom is 0.107 e. The first kappa shape index (κ1) is 11.3. The molecule has 1 N–H and O–H groups in total. The van der Waals surface area contributed by atoms with Gasteiger partial charge in [0, 0.05) is 6.42 Å². The summed E-state index contributed by atoms with van der Waals surface area (Å²) in [4.78, 5) is 7.63. The van der Waals surface area contributed by atoms with E-state index >= 15 is 0 Å². The molecule has 3 heteroatoms. The number of aryl methyl sites for hydroxylation is 2. The fraction of sp³-hybridized carbons (Fsp3) is 0.308. The molecule has 0 aliphatic carbocycles. The second-order valence-corrected chi connectivity index (χ2v) is 4.21. The Morgan fingerprint density at radius 3 is 2.62 bits per heavy atom. The van der Waals surface area contributed by atoms with E-state index < -0.39 is 0 Å². The van der Waals surface area contributed by atoms with E-state index in [0.717, 1.165) is 30.1 Å². The first-order chi connectivity index (χ1) is 7.83. The van der Waals surface area contributed by atoms with E-state index in [1.54, 1.807) is 0 Å². The number of aromatic nitrogens is 2. The molecule has 1 aromatic heterocycles. The monoisotopic (exact) mass is 232 g/mol. The van der Waals surface area contributed by atoms with E-state index in [1.165, 1.54) is 11.1 Å². The molecule has 2 aromatic rings. The largest absolute Gasteiger partial charge is 0.342 e. The maximum absolute atomic E-state index is 4.32. The zero-order valence-corrected chi connectivity index (χ0v) is 10.3. The van der Waals surface area contributed by atoms with E-state index in [1.807, 2.05) is 6.20 Å². The number of aromatic amines is 1. The van der Waals surface area contributed by atoms with Crippen LogP contribution in [0.4, 0.5) is 0 Å². The van der Waals surface area contributed by atoms with E-state index in [9.17, 15) is 0 Å². The number of hydrogen-bond acceptors (Lipinski definition) is 2. The maximum atomic E-state index is 4.32. The molecular weight excluding hydrogens is 216 g/mol. The second-order valence-electron chi connectivity index (χ2n) is 3.77. The van der Waals surface area contributed by atoms with Gasteiger partial charge in [0.25, 0.3) is 0 Å². The molecular formula is C13H16N2S. The lowest BCUT2D eigenvalue weighted by Crippen LogP contribution is -1.88. The van der Waals surface area contributed by atoms with Gasteiger partial charge in [0.1, 0.15) is 5.82 Å². The first-order valence-corrected chi connectivity index (χ1v) is 6.20. The average Bonchev–Trinajstić information content (AvgIpc) is 2.78. The summed E-state index contributed by atoms with van der Waals surface area (Å²) in [6.07, 6.45) is 3.85. The number of benzene rings is 1. The highest BCUT2D eigenvalue weighted by Crippen LogP contribution is 2.18. The van der Waals surface area contributed by atoms with Crippen molar-refractivity contribution in [3.63, 3.8) is 0 Å². The minimum absolute atomic E-state index is 0.821. The third-order valence-electron chi connectivity index (χ3n) is 2.65. The summed E-state index contributed by atoms with van der Waals surface area (Å²) in [5.74, 6) is 1.83. The number of nitrogens with one attached hydrogen (secondary N) is 1. The lowest BCUT2D eigenvalue weighted by molar-refractivity contribution is 1.00. The number of nitrogens with zero attached hydrogens (tertiary/aromatic N) is 1. The van der Waals surface area contributed by atoms with Crippen LogP contribution in [0.3, 0.4) is 0 Å². The molecule has 0 spiro atoms. The van der Waals surface area contributed by atoms with Gasteiger partial charge in [-0.05, 0) is 23.3 Å². The smallest absolute Gasteiger partial charge is 0.107 e. The van der Waals surface area contributed by atoms with Gasteiger partial charge in [-0.2, -0.15) is 12.6 Å². The first-order valence-electron chi connectivity index (χ1n) is 5.57. The molecule has 0 unspecified atom stereocenters. The lowest BCUT2D eigenvalue weighted by Gasteiger charge is -1.99. The molecule has 1 heterocycles. The van der Waals surface area contributed by atoms with Crippen molar-refractivity contribution in [2.75, 3.05) is 5.75 Å². The molecule has 0 bridgehead atoms. The quantitative estimate of drug-likeness (QED) is 0.779. The van der Waals surface area contributed by atoms with Crippen molar-refractivity contribution in [2.45, 2.75) is 19.8 Å². The van der Waals surface area contributed by atoms with Gasteiger partial charge in [-0.25, -0.2) is 4.98 Å². The summed E-state index contributed by atoms with van der Waals surface area (Å²) in [6, 6.07) is 8.59. The Morgan fingerprint density at radius 1 is 1.25 bits per heavy atom. The summed E-state index contributed by atoms with van der Waals surface area (Å²) in [6.45, 7) is 2.16. The van der Waals surface area contributed by atoms with Gasteiger partial charge in [0.2, 0.25) is 0 Å². The number of hydrogen-bond donors (Lipinski definition) is 2. The van der Waals surface area contributed by atoms with Crippen LogP contribution in [0.25, 0.3) is 11.3 Å². The third-order valence-corrected chi connectivity index (χ3v) is 2.87. The van der Waals surface area contributed by atoms with Crippen molar-refractivity contribution >= 4 is 12.6 Å². The topological polar surface area (TPSA) is 28.7 Å². The fourth-order valence-corrected chi connectivity index (χ4v) is 1.87. The number of imidazole rings is 1. The van der Waals surface area contributed by atoms with E-state index in [-0.39, 0.29) is 0 Å². The zero-order chi connectivity index (χ0) is 11.4. The minimum Gasteiger partial charge on any atom is -0.342 e. The van der Waals surface area contributed by atoms with Crippen LogP contribution >= 0.6 is 12.6 Å². The highest BCUT2D eigenvalue weighted by atomic mass is 32.1. The number of rotatable bonds is 4. The molecule has 16 heavy (non-hydrogen) atoms. The van der Waals surface area contributed by atoms with Crippen molar-refractivity contribution in [3.05, 3.63) is 41.9 Å². The predicted molar refractivity (Wildman–Crippen MR) is 71.0 cm³/mol. The average molecular weight is 232 g/mol. The lowest BCUT2D eigenvalue weighted by atomic mass is 10.1. The third kappa shape index (κ3) is 2.47. The van der Waals surface area contributed by atoms with Crippen LogP contribution in [-0.2, 0) is 12.8 Å². The Morgan fingerprint density at radius 2 is 2.00 bits per heavy atom. The van der Waals surface area contributed by atoms with Gasteiger partial charge in [-0.15, -0.1) is 0 Å². The van der Waals surface area contributed by atoms with Crippen LogP contribution < -0.4 is 0 Å². The van der Waals surface area contributed by atoms with Gasteiger partial charge < -0.3 is 4.98 Å². The molecule has 0 atom stereocenters. The normalized spacial score (nSPS) is 10.6.